The number of aliphatic imine (C=N–C) groups is 1. The van der Waals surface area contributed by atoms with Gasteiger partial charge in [-0.15, -0.1) is 11.3 Å². The van der Waals surface area contributed by atoms with Gasteiger partial charge in [0.1, 0.15) is 12.3 Å². The number of morpholine rings is 1. The van der Waals surface area contributed by atoms with Crippen LogP contribution in [0.1, 0.15) is 16.7 Å². The van der Waals surface area contributed by atoms with E-state index in [1.165, 1.54) is 4.88 Å². The molecule has 1 aliphatic rings. The van der Waals surface area contributed by atoms with Crippen molar-refractivity contribution in [1.29, 1.82) is 0 Å². The minimum atomic E-state index is -0.0369. The predicted octanol–water partition coefficient (Wildman–Crippen LogP) is 1.58. The third kappa shape index (κ3) is 6.86. The summed E-state index contributed by atoms with van der Waals surface area (Å²) in [4.78, 5) is 21.8. The van der Waals surface area contributed by atoms with E-state index in [9.17, 15) is 4.79 Å². The summed E-state index contributed by atoms with van der Waals surface area (Å²) < 4.78 is 10.9. The number of rotatable bonds is 9. The highest BCUT2D eigenvalue weighted by Crippen LogP contribution is 2.25. The van der Waals surface area contributed by atoms with Crippen molar-refractivity contribution in [2.75, 3.05) is 60.0 Å². The largest absolute Gasteiger partial charge is 0.469 e. The molecule has 0 aromatic carbocycles. The lowest BCUT2D eigenvalue weighted by molar-refractivity contribution is -0.127. The molecule has 1 aliphatic heterocycles. The van der Waals surface area contributed by atoms with Crippen LogP contribution in [0.15, 0.2) is 45.3 Å². The average Bonchev–Trinajstić information content (AvgIpc) is 3.46. The van der Waals surface area contributed by atoms with Gasteiger partial charge in [-0.3, -0.25) is 9.69 Å². The van der Waals surface area contributed by atoms with Gasteiger partial charge in [-0.2, -0.15) is 0 Å². The van der Waals surface area contributed by atoms with Gasteiger partial charge in [-0.1, -0.05) is 6.07 Å². The molecule has 0 radical (unpaired) electrons. The van der Waals surface area contributed by atoms with Crippen LogP contribution in [0.4, 0.5) is 0 Å². The van der Waals surface area contributed by atoms with Crippen molar-refractivity contribution in [2.24, 2.45) is 4.99 Å². The molecule has 2 aromatic heterocycles. The molecular weight excluding hydrogens is 402 g/mol. The first kappa shape index (κ1) is 22.3. The molecule has 2 aromatic rings. The fourth-order valence-electron chi connectivity index (χ4n) is 3.19. The van der Waals surface area contributed by atoms with Crippen LogP contribution >= 0.6 is 11.3 Å². The smallest absolute Gasteiger partial charge is 0.243 e. The van der Waals surface area contributed by atoms with Crippen molar-refractivity contribution in [3.8, 4) is 0 Å². The van der Waals surface area contributed by atoms with E-state index in [1.807, 2.05) is 12.1 Å². The molecule has 8 nitrogen and oxygen atoms in total. The Balaban J connectivity index is 1.62. The van der Waals surface area contributed by atoms with E-state index in [2.05, 4.69) is 38.0 Å². The van der Waals surface area contributed by atoms with Crippen LogP contribution < -0.4 is 10.6 Å². The molecule has 1 atom stereocenters. The van der Waals surface area contributed by atoms with E-state index in [4.69, 9.17) is 9.15 Å². The first-order valence-electron chi connectivity index (χ1n) is 10.2. The van der Waals surface area contributed by atoms with Gasteiger partial charge < -0.3 is 24.7 Å². The number of ether oxygens (including phenoxy) is 1. The maximum Gasteiger partial charge on any atom is 0.243 e. The Morgan fingerprint density at radius 2 is 2.10 bits per heavy atom. The van der Waals surface area contributed by atoms with Gasteiger partial charge in [0.2, 0.25) is 5.91 Å². The van der Waals surface area contributed by atoms with Gasteiger partial charge in [-0.05, 0) is 23.6 Å². The molecular formula is C21H31N5O3S. The van der Waals surface area contributed by atoms with Gasteiger partial charge in [0, 0.05) is 51.6 Å². The first-order valence-corrected chi connectivity index (χ1v) is 11.1. The van der Waals surface area contributed by atoms with E-state index in [0.717, 1.165) is 38.5 Å². The average molecular weight is 434 g/mol. The van der Waals surface area contributed by atoms with Crippen molar-refractivity contribution < 1.29 is 13.9 Å². The summed E-state index contributed by atoms with van der Waals surface area (Å²) in [5, 5.41) is 8.87. The quantitative estimate of drug-likeness (QED) is 0.462. The molecule has 164 valence electrons. The van der Waals surface area contributed by atoms with E-state index in [1.54, 1.807) is 36.6 Å². The number of hydrogen-bond acceptors (Lipinski definition) is 6. The summed E-state index contributed by atoms with van der Waals surface area (Å²) in [6.45, 7) is 4.77. The van der Waals surface area contributed by atoms with E-state index in [0.29, 0.717) is 19.0 Å². The fourth-order valence-corrected chi connectivity index (χ4v) is 4.06. The lowest BCUT2D eigenvalue weighted by Crippen LogP contribution is -2.46. The normalized spacial score (nSPS) is 16.3. The summed E-state index contributed by atoms with van der Waals surface area (Å²) in [6, 6.07) is 8.32. The van der Waals surface area contributed by atoms with Crippen LogP contribution in [0.5, 0.6) is 0 Å². The summed E-state index contributed by atoms with van der Waals surface area (Å²) in [7, 11) is 3.47. The van der Waals surface area contributed by atoms with Crippen molar-refractivity contribution in [3.05, 3.63) is 46.5 Å². The zero-order valence-electron chi connectivity index (χ0n) is 17.7. The highest BCUT2D eigenvalue weighted by molar-refractivity contribution is 7.10. The molecule has 0 aliphatic carbocycles. The van der Waals surface area contributed by atoms with Crippen LogP contribution in [0.3, 0.4) is 0 Å². The molecule has 2 N–H and O–H groups in total. The summed E-state index contributed by atoms with van der Waals surface area (Å²) in [5.74, 6) is 1.51. The number of guanidine groups is 1. The summed E-state index contributed by atoms with van der Waals surface area (Å²) in [5.41, 5.74) is 0. The number of nitrogens with one attached hydrogen (secondary N) is 2. The van der Waals surface area contributed by atoms with Gasteiger partial charge in [0.05, 0.1) is 25.5 Å². The predicted molar refractivity (Wildman–Crippen MR) is 119 cm³/mol. The molecule has 3 heterocycles. The van der Waals surface area contributed by atoms with Crippen LogP contribution in [-0.4, -0.2) is 81.7 Å². The van der Waals surface area contributed by atoms with E-state index in [-0.39, 0.29) is 18.5 Å². The molecule has 1 saturated heterocycles. The Bertz CT molecular complexity index is 771. The second kappa shape index (κ2) is 11.7. The van der Waals surface area contributed by atoms with Crippen LogP contribution in [0.2, 0.25) is 0 Å². The number of likely N-dealkylation sites (N-methyl/N-ethyl adjacent to an activating group) is 1. The zero-order valence-corrected chi connectivity index (χ0v) is 18.5. The van der Waals surface area contributed by atoms with Crippen molar-refractivity contribution in [2.45, 2.75) is 12.5 Å². The molecule has 1 fully saturated rings. The number of furan rings is 1. The van der Waals surface area contributed by atoms with Crippen molar-refractivity contribution in [3.63, 3.8) is 0 Å². The number of thiophene rings is 1. The van der Waals surface area contributed by atoms with E-state index >= 15 is 0 Å². The topological polar surface area (TPSA) is 82.3 Å². The third-order valence-corrected chi connectivity index (χ3v) is 5.91. The van der Waals surface area contributed by atoms with Crippen molar-refractivity contribution in [1.82, 2.24) is 20.4 Å². The van der Waals surface area contributed by atoms with Gasteiger partial charge in [0.15, 0.2) is 5.96 Å². The zero-order chi connectivity index (χ0) is 21.2. The Morgan fingerprint density at radius 3 is 2.77 bits per heavy atom. The molecule has 3 rings (SSSR count). The Labute approximate surface area is 181 Å². The van der Waals surface area contributed by atoms with Crippen LogP contribution in [-0.2, 0) is 16.0 Å². The maximum atomic E-state index is 12.0. The fraction of sp³-hybridized carbons (Fsp3) is 0.524. The van der Waals surface area contributed by atoms with Gasteiger partial charge in [0.25, 0.3) is 0 Å². The molecule has 1 unspecified atom stereocenters. The minimum absolute atomic E-state index is 0.0369. The summed E-state index contributed by atoms with van der Waals surface area (Å²) >= 11 is 1.76. The van der Waals surface area contributed by atoms with Gasteiger partial charge in [-0.25, -0.2) is 4.99 Å². The highest BCUT2D eigenvalue weighted by Gasteiger charge is 2.23. The summed E-state index contributed by atoms with van der Waals surface area (Å²) in [6.07, 6.45) is 2.42. The number of carbonyl (C=O) groups is 1. The standard InChI is InChI=1S/C21H31N5O3S/c1-25(2)20(27)16-24-21(22-8-7-17-5-3-11-29-17)23-15-18(19-6-4-14-30-19)26-9-12-28-13-10-26/h3-6,11,14,18H,7-10,12-13,15-16H2,1-2H3,(H2,22,23,24). The number of carbonyl (C=O) groups excluding carboxylic acids is 1. The lowest BCUT2D eigenvalue weighted by Gasteiger charge is -2.34. The second-order valence-corrected chi connectivity index (χ2v) is 8.25. The Hall–Kier alpha value is -2.36. The minimum Gasteiger partial charge on any atom is -0.469 e. The number of nitrogens with zero attached hydrogens (tertiary/aromatic N) is 3. The maximum absolute atomic E-state index is 12.0. The molecule has 30 heavy (non-hydrogen) atoms. The van der Waals surface area contributed by atoms with Gasteiger partial charge >= 0.3 is 0 Å². The van der Waals surface area contributed by atoms with E-state index < -0.39 is 0 Å². The van der Waals surface area contributed by atoms with Crippen LogP contribution in [0.25, 0.3) is 0 Å². The lowest BCUT2D eigenvalue weighted by atomic mass is 10.2. The molecule has 0 bridgehead atoms. The number of hydrogen-bond donors (Lipinski definition) is 2. The monoisotopic (exact) mass is 433 g/mol. The SMILES string of the molecule is CN(C)C(=O)CN=C(NCCc1ccco1)NCC(c1cccs1)N1CCOCC1. The van der Waals surface area contributed by atoms with Crippen molar-refractivity contribution >= 4 is 23.2 Å². The Kier molecular flexibility index (Phi) is 8.73. The highest BCUT2D eigenvalue weighted by atomic mass is 32.1. The molecule has 1 amide bonds. The second-order valence-electron chi connectivity index (χ2n) is 7.27. The van der Waals surface area contributed by atoms with Crippen LogP contribution in [0, 0.1) is 0 Å². The molecule has 0 saturated carbocycles. The molecule has 9 heteroatoms. The molecule has 0 spiro atoms. The first-order chi connectivity index (χ1) is 14.6. The number of amides is 1. The third-order valence-electron chi connectivity index (χ3n) is 4.94. The Morgan fingerprint density at radius 1 is 1.27 bits per heavy atom.